The van der Waals surface area contributed by atoms with Gasteiger partial charge in [-0.15, -0.1) is 0 Å². The zero-order chi connectivity index (χ0) is 17.0. The lowest BCUT2D eigenvalue weighted by Crippen LogP contribution is -2.52. The molecule has 0 radical (unpaired) electrons. The number of piperidine rings is 1. The fourth-order valence-electron chi connectivity index (χ4n) is 2.93. The summed E-state index contributed by atoms with van der Waals surface area (Å²) in [6.45, 7) is 9.59. The van der Waals surface area contributed by atoms with Gasteiger partial charge >= 0.3 is 0 Å². The summed E-state index contributed by atoms with van der Waals surface area (Å²) in [6, 6.07) is 5.19. The topological polar surface area (TPSA) is 49.4 Å². The van der Waals surface area contributed by atoms with E-state index in [-0.39, 0.29) is 17.7 Å². The smallest absolute Gasteiger partial charge is 0.251 e. The quantitative estimate of drug-likeness (QED) is 0.928. The summed E-state index contributed by atoms with van der Waals surface area (Å²) in [5, 5.41) is 2.95. The van der Waals surface area contributed by atoms with E-state index in [9.17, 15) is 9.59 Å². The molecule has 2 rings (SSSR count). The van der Waals surface area contributed by atoms with E-state index in [4.69, 9.17) is 0 Å². The number of nitrogens with one attached hydrogen (secondary N) is 1. The Balaban J connectivity index is 2.10. The number of benzene rings is 1. The molecule has 0 bridgehead atoms. The summed E-state index contributed by atoms with van der Waals surface area (Å²) < 4.78 is 0. The molecule has 0 unspecified atom stereocenters. The van der Waals surface area contributed by atoms with Crippen LogP contribution >= 0.6 is 0 Å². The summed E-state index contributed by atoms with van der Waals surface area (Å²) in [7, 11) is 0. The van der Waals surface area contributed by atoms with Crippen LogP contribution in [0.2, 0.25) is 0 Å². The molecule has 0 saturated carbocycles. The van der Waals surface area contributed by atoms with Crippen LogP contribution < -0.4 is 5.32 Å². The molecular formula is C19H28N2O2. The minimum atomic E-state index is -0.456. The summed E-state index contributed by atoms with van der Waals surface area (Å²) in [4.78, 5) is 27.2. The van der Waals surface area contributed by atoms with Crippen LogP contribution in [0.1, 0.15) is 54.6 Å². The third kappa shape index (κ3) is 4.34. The second-order valence-electron chi connectivity index (χ2n) is 6.88. The maximum Gasteiger partial charge on any atom is 0.251 e. The van der Waals surface area contributed by atoms with Crippen molar-refractivity contribution in [2.75, 3.05) is 13.1 Å². The van der Waals surface area contributed by atoms with Gasteiger partial charge in [-0.2, -0.15) is 0 Å². The highest BCUT2D eigenvalue weighted by Crippen LogP contribution is 2.15. The number of amides is 2. The van der Waals surface area contributed by atoms with Crippen LogP contribution in [0, 0.1) is 19.8 Å². The van der Waals surface area contributed by atoms with Gasteiger partial charge < -0.3 is 10.2 Å². The molecule has 1 aliphatic heterocycles. The number of carbonyl (C=O) groups excluding carboxylic acids is 2. The zero-order valence-electron chi connectivity index (χ0n) is 14.7. The molecular weight excluding hydrogens is 288 g/mol. The minimum absolute atomic E-state index is 0.0527. The molecule has 1 aromatic carbocycles. The fraction of sp³-hybridized carbons (Fsp3) is 0.579. The second-order valence-corrected chi connectivity index (χ2v) is 6.88. The largest absolute Gasteiger partial charge is 0.341 e. The van der Waals surface area contributed by atoms with Crippen molar-refractivity contribution in [3.05, 3.63) is 34.9 Å². The van der Waals surface area contributed by atoms with Gasteiger partial charge in [-0.3, -0.25) is 9.59 Å². The molecule has 1 aliphatic rings. The first-order chi connectivity index (χ1) is 10.9. The number of likely N-dealkylation sites (tertiary alicyclic amines) is 1. The number of carbonyl (C=O) groups is 2. The van der Waals surface area contributed by atoms with E-state index in [0.29, 0.717) is 5.56 Å². The molecule has 23 heavy (non-hydrogen) atoms. The first-order valence-electron chi connectivity index (χ1n) is 8.57. The highest BCUT2D eigenvalue weighted by Gasteiger charge is 2.29. The first-order valence-corrected chi connectivity index (χ1v) is 8.57. The Kier molecular flexibility index (Phi) is 5.80. The molecule has 0 aromatic heterocycles. The van der Waals surface area contributed by atoms with Crippen molar-refractivity contribution in [3.8, 4) is 0 Å². The van der Waals surface area contributed by atoms with Crippen molar-refractivity contribution < 1.29 is 9.59 Å². The van der Waals surface area contributed by atoms with Gasteiger partial charge in [0.25, 0.3) is 5.91 Å². The lowest BCUT2D eigenvalue weighted by Gasteiger charge is -2.32. The van der Waals surface area contributed by atoms with Crippen molar-refractivity contribution in [2.24, 2.45) is 5.92 Å². The Morgan fingerprint density at radius 1 is 1.04 bits per heavy atom. The number of aryl methyl sites for hydroxylation is 2. The molecule has 0 spiro atoms. The van der Waals surface area contributed by atoms with E-state index in [1.165, 1.54) is 6.42 Å². The van der Waals surface area contributed by atoms with E-state index in [2.05, 4.69) is 5.32 Å². The van der Waals surface area contributed by atoms with Gasteiger partial charge in [-0.1, -0.05) is 19.9 Å². The van der Waals surface area contributed by atoms with Gasteiger partial charge in [0.2, 0.25) is 5.91 Å². The van der Waals surface area contributed by atoms with Gasteiger partial charge in [0, 0.05) is 18.7 Å². The molecule has 1 aromatic rings. The van der Waals surface area contributed by atoms with Gasteiger partial charge in [0.1, 0.15) is 6.04 Å². The molecule has 1 saturated heterocycles. The van der Waals surface area contributed by atoms with Crippen molar-refractivity contribution >= 4 is 11.8 Å². The van der Waals surface area contributed by atoms with E-state index < -0.39 is 6.04 Å². The molecule has 1 N–H and O–H groups in total. The van der Waals surface area contributed by atoms with E-state index in [1.54, 1.807) is 0 Å². The Hall–Kier alpha value is -1.84. The zero-order valence-corrected chi connectivity index (χ0v) is 14.7. The van der Waals surface area contributed by atoms with Gasteiger partial charge in [-0.25, -0.2) is 0 Å². The van der Waals surface area contributed by atoms with Crippen LogP contribution in [0.15, 0.2) is 18.2 Å². The summed E-state index contributed by atoms with van der Waals surface area (Å²) in [5.41, 5.74) is 2.86. The lowest BCUT2D eigenvalue weighted by atomic mass is 10.00. The lowest BCUT2D eigenvalue weighted by molar-refractivity contribution is -0.135. The predicted molar refractivity (Wildman–Crippen MR) is 92.4 cm³/mol. The maximum absolute atomic E-state index is 12.7. The Morgan fingerprint density at radius 3 is 2.26 bits per heavy atom. The van der Waals surface area contributed by atoms with Crippen LogP contribution in [-0.2, 0) is 4.79 Å². The Morgan fingerprint density at radius 2 is 1.70 bits per heavy atom. The molecule has 4 nitrogen and oxygen atoms in total. The molecule has 1 heterocycles. The predicted octanol–water partition coefficient (Wildman–Crippen LogP) is 3.07. The van der Waals surface area contributed by atoms with Crippen molar-refractivity contribution in [3.63, 3.8) is 0 Å². The average molecular weight is 316 g/mol. The van der Waals surface area contributed by atoms with E-state index in [0.717, 1.165) is 37.1 Å². The van der Waals surface area contributed by atoms with Gasteiger partial charge in [-0.05, 0) is 62.3 Å². The minimum Gasteiger partial charge on any atom is -0.341 e. The standard InChI is InChI=1S/C19H28N2O2/c1-13(2)17(19(23)21-10-6-5-7-11-21)20-18(22)16-9-8-14(3)15(4)12-16/h8-9,12-13,17H,5-7,10-11H2,1-4H3,(H,20,22)/t17-/m1/s1. The Labute approximate surface area is 139 Å². The Bertz CT molecular complexity index is 575. The summed E-state index contributed by atoms with van der Waals surface area (Å²) in [6.07, 6.45) is 3.30. The normalized spacial score (nSPS) is 16.3. The van der Waals surface area contributed by atoms with Crippen molar-refractivity contribution in [1.29, 1.82) is 0 Å². The van der Waals surface area contributed by atoms with Crippen LogP contribution in [0.25, 0.3) is 0 Å². The van der Waals surface area contributed by atoms with E-state index >= 15 is 0 Å². The molecule has 1 atom stereocenters. The summed E-state index contributed by atoms with van der Waals surface area (Å²) in [5.74, 6) is -0.0473. The number of nitrogens with zero attached hydrogens (tertiary/aromatic N) is 1. The van der Waals surface area contributed by atoms with Crippen molar-refractivity contribution in [1.82, 2.24) is 10.2 Å². The molecule has 126 valence electrons. The average Bonchev–Trinajstić information content (AvgIpc) is 2.54. The molecule has 4 heteroatoms. The van der Waals surface area contributed by atoms with Gasteiger partial charge in [0.15, 0.2) is 0 Å². The molecule has 1 fully saturated rings. The number of rotatable bonds is 4. The molecule has 0 aliphatic carbocycles. The second kappa shape index (κ2) is 7.62. The monoisotopic (exact) mass is 316 g/mol. The first kappa shape index (κ1) is 17.5. The van der Waals surface area contributed by atoms with Crippen LogP contribution in [0.3, 0.4) is 0 Å². The van der Waals surface area contributed by atoms with Crippen molar-refractivity contribution in [2.45, 2.75) is 53.0 Å². The third-order valence-electron chi connectivity index (χ3n) is 4.66. The van der Waals surface area contributed by atoms with Crippen LogP contribution in [0.5, 0.6) is 0 Å². The SMILES string of the molecule is Cc1ccc(C(=O)N[C@@H](C(=O)N2CCCCC2)C(C)C)cc1C. The molecule has 2 amide bonds. The number of hydrogen-bond donors (Lipinski definition) is 1. The van der Waals surface area contributed by atoms with E-state index in [1.807, 2.05) is 50.8 Å². The van der Waals surface area contributed by atoms with Gasteiger partial charge in [0.05, 0.1) is 0 Å². The highest BCUT2D eigenvalue weighted by atomic mass is 16.2. The van der Waals surface area contributed by atoms with Crippen LogP contribution in [-0.4, -0.2) is 35.8 Å². The van der Waals surface area contributed by atoms with Crippen LogP contribution in [0.4, 0.5) is 0 Å². The maximum atomic E-state index is 12.7. The number of hydrogen-bond acceptors (Lipinski definition) is 2. The highest BCUT2D eigenvalue weighted by molar-refractivity contribution is 5.97. The fourth-order valence-corrected chi connectivity index (χ4v) is 2.93. The third-order valence-corrected chi connectivity index (χ3v) is 4.66. The summed E-state index contributed by atoms with van der Waals surface area (Å²) >= 11 is 0.